The highest BCUT2D eigenvalue weighted by atomic mass is 19.4. The van der Waals surface area contributed by atoms with Gasteiger partial charge in [-0.2, -0.15) is 13.2 Å². The van der Waals surface area contributed by atoms with Gasteiger partial charge in [0.1, 0.15) is 6.04 Å². The number of hydrogen-bond donors (Lipinski definition) is 3. The monoisotopic (exact) mass is 330 g/mol. The molecule has 2 heterocycles. The molecule has 0 radical (unpaired) electrons. The van der Waals surface area contributed by atoms with E-state index in [4.69, 9.17) is 0 Å². The lowest BCUT2D eigenvalue weighted by atomic mass is 10.1. The molecule has 0 aromatic rings. The van der Waals surface area contributed by atoms with Crippen LogP contribution < -0.4 is 16.0 Å². The Kier molecular flexibility index (Phi) is 5.23. The largest absolute Gasteiger partial charge is 0.405 e. The molecular weight excluding hydrogens is 311 g/mol. The summed E-state index contributed by atoms with van der Waals surface area (Å²) in [5.41, 5.74) is 0. The number of alkyl halides is 5. The number of nitrogens with zero attached hydrogens (tertiary/aromatic N) is 1. The van der Waals surface area contributed by atoms with Crippen LogP contribution in [0.2, 0.25) is 0 Å². The lowest BCUT2D eigenvalue weighted by Gasteiger charge is -2.36. The molecule has 2 aliphatic heterocycles. The van der Waals surface area contributed by atoms with E-state index < -0.39 is 49.6 Å². The van der Waals surface area contributed by atoms with E-state index in [9.17, 15) is 26.7 Å². The van der Waals surface area contributed by atoms with Gasteiger partial charge in [-0.05, 0) is 0 Å². The second kappa shape index (κ2) is 6.63. The van der Waals surface area contributed by atoms with Crippen molar-refractivity contribution in [2.24, 2.45) is 0 Å². The summed E-state index contributed by atoms with van der Waals surface area (Å²) in [6, 6.07) is -2.95. The molecule has 0 aromatic heterocycles. The number of hydrogen-bond acceptors (Lipinski definition) is 4. The van der Waals surface area contributed by atoms with E-state index in [1.54, 1.807) is 0 Å². The maximum absolute atomic E-state index is 13.1. The molecule has 2 rings (SSSR count). The normalized spacial score (nSPS) is 27.6. The SMILES string of the molecule is O=C(NCC(N1CCNCC1)C(F)(F)F)C1CC(F)(F)CN1. The second-order valence-corrected chi connectivity index (χ2v) is 5.58. The molecule has 0 saturated carbocycles. The number of nitrogens with one attached hydrogen (secondary N) is 3. The fourth-order valence-corrected chi connectivity index (χ4v) is 2.67. The third-order valence-electron chi connectivity index (χ3n) is 3.87. The molecule has 22 heavy (non-hydrogen) atoms. The van der Waals surface area contributed by atoms with Gasteiger partial charge in [-0.3, -0.25) is 15.0 Å². The van der Waals surface area contributed by atoms with Crippen molar-refractivity contribution in [3.8, 4) is 0 Å². The summed E-state index contributed by atoms with van der Waals surface area (Å²) in [6.45, 7) is 0.0606. The highest BCUT2D eigenvalue weighted by Gasteiger charge is 2.45. The highest BCUT2D eigenvalue weighted by molar-refractivity contribution is 5.82. The summed E-state index contributed by atoms with van der Waals surface area (Å²) >= 11 is 0. The number of amides is 1. The first-order valence-electron chi connectivity index (χ1n) is 7.09. The second-order valence-electron chi connectivity index (χ2n) is 5.58. The van der Waals surface area contributed by atoms with E-state index in [0.717, 1.165) is 0 Å². The molecule has 0 spiro atoms. The third kappa shape index (κ3) is 4.50. The summed E-state index contributed by atoms with van der Waals surface area (Å²) in [4.78, 5) is 13.0. The zero-order chi connectivity index (χ0) is 16.4. The van der Waals surface area contributed by atoms with Crippen LogP contribution in [0.15, 0.2) is 0 Å². The number of carbonyl (C=O) groups is 1. The number of rotatable bonds is 4. The fourth-order valence-electron chi connectivity index (χ4n) is 2.67. The maximum Gasteiger partial charge on any atom is 0.405 e. The molecular formula is C12H19F5N4O. The number of carbonyl (C=O) groups excluding carboxylic acids is 1. The van der Waals surface area contributed by atoms with Gasteiger partial charge in [0, 0.05) is 39.1 Å². The predicted octanol–water partition coefficient (Wildman–Crippen LogP) is -0.0641. The van der Waals surface area contributed by atoms with Gasteiger partial charge in [0.15, 0.2) is 0 Å². The lowest BCUT2D eigenvalue weighted by Crippen LogP contribution is -2.58. The van der Waals surface area contributed by atoms with Gasteiger partial charge in [-0.15, -0.1) is 0 Å². The summed E-state index contributed by atoms with van der Waals surface area (Å²) in [7, 11) is 0. The van der Waals surface area contributed by atoms with E-state index in [-0.39, 0.29) is 13.1 Å². The Hall–Kier alpha value is -1.00. The molecule has 128 valence electrons. The first-order valence-corrected chi connectivity index (χ1v) is 7.09. The number of piperazine rings is 1. The van der Waals surface area contributed by atoms with Crippen molar-refractivity contribution in [3.05, 3.63) is 0 Å². The zero-order valence-corrected chi connectivity index (χ0v) is 11.8. The van der Waals surface area contributed by atoms with E-state index in [1.807, 2.05) is 0 Å². The molecule has 2 saturated heterocycles. The van der Waals surface area contributed by atoms with Crippen LogP contribution in [0.5, 0.6) is 0 Å². The third-order valence-corrected chi connectivity index (χ3v) is 3.87. The van der Waals surface area contributed by atoms with Crippen LogP contribution in [0, 0.1) is 0 Å². The van der Waals surface area contributed by atoms with Gasteiger partial charge in [-0.25, -0.2) is 8.78 Å². The summed E-state index contributed by atoms with van der Waals surface area (Å²) in [5, 5.41) is 7.42. The quantitative estimate of drug-likeness (QED) is 0.632. The minimum absolute atomic E-state index is 0.222. The number of halogens is 5. The van der Waals surface area contributed by atoms with Crippen LogP contribution in [-0.4, -0.2) is 74.3 Å². The Morgan fingerprint density at radius 2 is 1.95 bits per heavy atom. The minimum atomic E-state index is -4.49. The van der Waals surface area contributed by atoms with Crippen LogP contribution in [0.1, 0.15) is 6.42 Å². The van der Waals surface area contributed by atoms with E-state index >= 15 is 0 Å². The molecule has 3 N–H and O–H groups in total. The van der Waals surface area contributed by atoms with Crippen LogP contribution in [-0.2, 0) is 4.79 Å². The van der Waals surface area contributed by atoms with Crippen LogP contribution in [0.3, 0.4) is 0 Å². The fraction of sp³-hybridized carbons (Fsp3) is 0.917. The van der Waals surface area contributed by atoms with Crippen LogP contribution >= 0.6 is 0 Å². The average molecular weight is 330 g/mol. The molecule has 0 aromatic carbocycles. The summed E-state index contributed by atoms with van der Waals surface area (Å²) in [5.74, 6) is -3.81. The van der Waals surface area contributed by atoms with Gasteiger partial charge >= 0.3 is 6.18 Å². The van der Waals surface area contributed by atoms with Crippen molar-refractivity contribution in [1.29, 1.82) is 0 Å². The first-order chi connectivity index (χ1) is 10.2. The molecule has 10 heteroatoms. The van der Waals surface area contributed by atoms with Crippen molar-refractivity contribution in [2.75, 3.05) is 39.3 Å². The topological polar surface area (TPSA) is 56.4 Å². The first kappa shape index (κ1) is 17.4. The van der Waals surface area contributed by atoms with Crippen molar-refractivity contribution in [3.63, 3.8) is 0 Å². The Balaban J connectivity index is 1.89. The molecule has 0 bridgehead atoms. The van der Waals surface area contributed by atoms with Gasteiger partial charge in [0.05, 0.1) is 12.6 Å². The Labute approximate surface area is 124 Å². The zero-order valence-electron chi connectivity index (χ0n) is 11.8. The van der Waals surface area contributed by atoms with Gasteiger partial charge < -0.3 is 10.6 Å². The maximum atomic E-state index is 13.1. The van der Waals surface area contributed by atoms with Crippen molar-refractivity contribution >= 4 is 5.91 Å². The molecule has 0 aliphatic carbocycles. The van der Waals surface area contributed by atoms with Gasteiger partial charge in [-0.1, -0.05) is 0 Å². The van der Waals surface area contributed by atoms with Crippen molar-refractivity contribution in [1.82, 2.24) is 20.9 Å². The van der Waals surface area contributed by atoms with Gasteiger partial charge in [0.25, 0.3) is 5.92 Å². The highest BCUT2D eigenvalue weighted by Crippen LogP contribution is 2.26. The Morgan fingerprint density at radius 3 is 2.45 bits per heavy atom. The Morgan fingerprint density at radius 1 is 1.32 bits per heavy atom. The molecule has 2 fully saturated rings. The molecule has 5 nitrogen and oxygen atoms in total. The standard InChI is InChI=1S/C12H19F5N4O/c13-11(14)5-8(20-7-11)10(22)19-6-9(12(15,16)17)21-3-1-18-2-4-21/h8-9,18,20H,1-7H2,(H,19,22). The van der Waals surface area contributed by atoms with E-state index in [0.29, 0.717) is 13.1 Å². The van der Waals surface area contributed by atoms with Gasteiger partial charge in [0.2, 0.25) is 5.91 Å². The van der Waals surface area contributed by atoms with Crippen molar-refractivity contribution in [2.45, 2.75) is 30.6 Å². The molecule has 2 aliphatic rings. The van der Waals surface area contributed by atoms with E-state index in [1.165, 1.54) is 4.90 Å². The lowest BCUT2D eigenvalue weighted by molar-refractivity contribution is -0.184. The minimum Gasteiger partial charge on any atom is -0.353 e. The summed E-state index contributed by atoms with van der Waals surface area (Å²) < 4.78 is 65.3. The smallest absolute Gasteiger partial charge is 0.353 e. The van der Waals surface area contributed by atoms with E-state index in [2.05, 4.69) is 16.0 Å². The van der Waals surface area contributed by atoms with Crippen LogP contribution in [0.25, 0.3) is 0 Å². The summed E-state index contributed by atoms with van der Waals surface area (Å²) in [6.07, 6.45) is -5.18. The van der Waals surface area contributed by atoms with Crippen molar-refractivity contribution < 1.29 is 26.7 Å². The molecule has 1 amide bonds. The molecule has 2 atom stereocenters. The Bertz CT molecular complexity index is 397. The van der Waals surface area contributed by atoms with Crippen LogP contribution in [0.4, 0.5) is 22.0 Å². The molecule has 2 unspecified atom stereocenters. The predicted molar refractivity (Wildman–Crippen MR) is 68.7 cm³/mol. The average Bonchev–Trinajstić information content (AvgIpc) is 2.79.